The van der Waals surface area contributed by atoms with Crippen molar-refractivity contribution in [3.8, 4) is 0 Å². The predicted molar refractivity (Wildman–Crippen MR) is 171 cm³/mol. The molecular weight excluding hydrogens is 594 g/mol. The van der Waals surface area contributed by atoms with Crippen LogP contribution in [-0.2, 0) is 11.7 Å². The number of rotatable bonds is 6. The number of nitrogens with zero attached hydrogens (tertiary/aromatic N) is 2. The molecule has 0 amide bonds. The van der Waals surface area contributed by atoms with Crippen LogP contribution in [0.25, 0.3) is 0 Å². The molecule has 6 heteroatoms. The molecular formula is C35H44FeN2P2Si. The molecule has 0 N–H and O–H groups in total. The zero-order chi connectivity index (χ0) is 27.1. The van der Waals surface area contributed by atoms with Gasteiger partial charge < -0.3 is 0 Å². The van der Waals surface area contributed by atoms with Crippen molar-refractivity contribution in [2.45, 2.75) is 103 Å². The average molecular weight is 639 g/mol. The monoisotopic (exact) mass is 638 g/mol. The first-order chi connectivity index (χ1) is 19.5. The number of aromatic nitrogens is 2. The molecule has 4 bridgehead atoms. The molecule has 16 rings (SSSR count). The van der Waals surface area contributed by atoms with Crippen molar-refractivity contribution in [2.75, 3.05) is 6.16 Å². The summed E-state index contributed by atoms with van der Waals surface area (Å²) in [5, 5.41) is 0.00792. The van der Waals surface area contributed by atoms with Gasteiger partial charge in [-0.1, -0.05) is 0 Å². The molecule has 2 aromatic heterocycles. The van der Waals surface area contributed by atoms with E-state index in [1.807, 2.05) is 12.4 Å². The van der Waals surface area contributed by atoms with Gasteiger partial charge in [-0.05, 0) is 0 Å². The molecule has 2 aromatic rings. The van der Waals surface area contributed by atoms with Crippen LogP contribution < -0.4 is 0 Å². The topological polar surface area (TPSA) is 25.8 Å². The summed E-state index contributed by atoms with van der Waals surface area (Å²) in [5.41, 5.74) is 3.71. The van der Waals surface area contributed by atoms with E-state index in [2.05, 4.69) is 74.8 Å². The molecule has 2 nitrogen and oxygen atoms in total. The van der Waals surface area contributed by atoms with Gasteiger partial charge in [-0.2, -0.15) is 0 Å². The molecule has 41 heavy (non-hydrogen) atoms. The van der Waals surface area contributed by atoms with Gasteiger partial charge in [0, 0.05) is 0 Å². The number of hydrogen-bond acceptors (Lipinski definition) is 2. The van der Waals surface area contributed by atoms with Crippen molar-refractivity contribution in [1.82, 2.24) is 9.97 Å². The molecule has 10 saturated heterocycles. The maximum absolute atomic E-state index is 4.89. The van der Waals surface area contributed by atoms with E-state index in [0.717, 1.165) is 31.9 Å². The van der Waals surface area contributed by atoms with Crippen LogP contribution in [0.2, 0.25) is 65.9 Å². The van der Waals surface area contributed by atoms with Gasteiger partial charge in [-0.25, -0.2) is 0 Å². The number of hydrogen-bond donors (Lipinski definition) is 0. The maximum atomic E-state index is 4.89. The van der Waals surface area contributed by atoms with Gasteiger partial charge in [0.1, 0.15) is 0 Å². The predicted octanol–water partition coefficient (Wildman–Crippen LogP) is 9.29. The van der Waals surface area contributed by atoms with Gasteiger partial charge in [0.15, 0.2) is 0 Å². The standard InChI is InChI=1S/C30H39N2P2Si.C5H5.Fe/c1-35(2,3)26-15-27(29(19-33)24-11-20-10-21(13-24)14-25(29)12-20)28(16-26)30(34,22-6-4-8-31-17-22)23-7-5-9-32-18-23;1-2-4-5-3-1;/h4-9,15-18,20-21,24-25H,10-14,19,33-34H2,1-3H3;1-5H;. The van der Waals surface area contributed by atoms with Gasteiger partial charge in [0.2, 0.25) is 0 Å². The van der Waals surface area contributed by atoms with Crippen LogP contribution in [-0.4, -0.2) is 24.2 Å². The molecule has 10 aliphatic heterocycles. The Morgan fingerprint density at radius 3 is 1.73 bits per heavy atom. The molecule has 7 unspecified atom stereocenters. The zero-order valence-electron chi connectivity index (χ0n) is 24.6. The van der Waals surface area contributed by atoms with Crippen molar-refractivity contribution in [3.05, 3.63) is 60.2 Å². The average Bonchev–Trinajstić information content (AvgIpc) is 3.91. The van der Waals surface area contributed by atoms with Crippen LogP contribution in [0, 0.1) is 29.1 Å². The molecule has 14 fully saturated rings. The summed E-state index contributed by atoms with van der Waals surface area (Å²) in [5.74, 6) is 4.19. The summed E-state index contributed by atoms with van der Waals surface area (Å²) in [6, 6.07) is 9.56. The Morgan fingerprint density at radius 1 is 0.829 bits per heavy atom. The Hall–Kier alpha value is -0.104. The SMILES string of the molecule is C[Si](C)(C)[C]12[CH]3[C]4(C(P)(c5cccnc5)c5cccnc5)[C]5(C6(CP)C7CC8CC(C7)CC6C8)[CH]1[Fe]34521678[CH]2[CH]1[CH]6[CH]7[CH]28. The van der Waals surface area contributed by atoms with Crippen LogP contribution in [0.1, 0.15) is 43.2 Å². The minimum atomic E-state index is -4.24. The third kappa shape index (κ3) is 0.526. The fourth-order valence-electron chi connectivity index (χ4n) is 28.3. The normalized spacial score (nSPS) is 76.0. The Labute approximate surface area is 240 Å². The third-order valence-electron chi connectivity index (χ3n) is 24.5. The molecule has 7 atom stereocenters. The second kappa shape index (κ2) is 3.27. The first-order valence-corrected chi connectivity index (χ1v) is 28.0. The van der Waals surface area contributed by atoms with E-state index in [-0.39, 0.29) is 5.16 Å². The second-order valence-corrected chi connectivity index (χ2v) is 50.9. The van der Waals surface area contributed by atoms with E-state index >= 15 is 0 Å². The van der Waals surface area contributed by atoms with Crippen molar-refractivity contribution < 1.29 is 6.51 Å². The van der Waals surface area contributed by atoms with Crippen molar-refractivity contribution in [1.29, 1.82) is 0 Å². The summed E-state index contributed by atoms with van der Waals surface area (Å²) in [7, 11) is 5.96. The fourth-order valence-corrected chi connectivity index (χ4v) is 140. The summed E-state index contributed by atoms with van der Waals surface area (Å²) in [4.78, 5) is 18.6. The Bertz CT molecular complexity index is 2060. The fraction of sp³-hybridized carbons (Fsp3) is 0.714. The third-order valence-corrected chi connectivity index (χ3v) is 79.4. The summed E-state index contributed by atoms with van der Waals surface area (Å²) >= 11 is 0. The quantitative estimate of drug-likeness (QED) is 0.233. The van der Waals surface area contributed by atoms with E-state index in [9.17, 15) is 0 Å². The van der Waals surface area contributed by atoms with Gasteiger partial charge in [0.05, 0.1) is 0 Å². The summed E-state index contributed by atoms with van der Waals surface area (Å²) in [6.07, 6.45) is 18.1. The Morgan fingerprint density at radius 2 is 1.34 bits per heavy atom. The van der Waals surface area contributed by atoms with E-state index < -0.39 is 14.6 Å². The molecule has 12 heterocycles. The minimum absolute atomic E-state index is 0.00792. The number of fused-ring (bicyclic) bond motifs is 11. The summed E-state index contributed by atoms with van der Waals surface area (Å²) in [6.45, 7) is 4.47. The number of pyridine rings is 2. The first kappa shape index (κ1) is 21.6. The van der Waals surface area contributed by atoms with Crippen LogP contribution in [0.5, 0.6) is 0 Å². The second-order valence-electron chi connectivity index (χ2n) is 20.9. The van der Waals surface area contributed by atoms with E-state index in [0.29, 0.717) is 9.73 Å². The van der Waals surface area contributed by atoms with Crippen molar-refractivity contribution in [2.24, 2.45) is 29.1 Å². The van der Waals surface area contributed by atoms with Gasteiger partial charge >= 0.3 is 242 Å². The molecule has 4 saturated carbocycles. The van der Waals surface area contributed by atoms with E-state index in [1.54, 1.807) is 43.2 Å². The first-order valence-electron chi connectivity index (χ1n) is 17.0. The van der Waals surface area contributed by atoms with Crippen LogP contribution >= 0.6 is 18.5 Å². The molecule has 0 radical (unpaired) electrons. The zero-order valence-corrected chi connectivity index (χ0v) is 29.0. The van der Waals surface area contributed by atoms with Gasteiger partial charge in [-0.15, -0.1) is 0 Å². The molecule has 1 spiro atoms. The van der Waals surface area contributed by atoms with E-state index in [4.69, 9.17) is 9.97 Å². The van der Waals surface area contributed by atoms with Crippen LogP contribution in [0.15, 0.2) is 49.1 Å². The molecule has 4 aliphatic carbocycles. The van der Waals surface area contributed by atoms with Crippen molar-refractivity contribution >= 4 is 26.6 Å². The molecule has 14 aliphatic rings. The Balaban J connectivity index is 1.16. The molecule has 216 valence electrons. The van der Waals surface area contributed by atoms with Crippen LogP contribution in [0.4, 0.5) is 0 Å². The van der Waals surface area contributed by atoms with E-state index in [1.165, 1.54) is 39.9 Å². The van der Waals surface area contributed by atoms with Crippen LogP contribution in [0.3, 0.4) is 0 Å². The summed E-state index contributed by atoms with van der Waals surface area (Å²) < 4.78 is 2.27. The van der Waals surface area contributed by atoms with Gasteiger partial charge in [0.25, 0.3) is 0 Å². The van der Waals surface area contributed by atoms with Crippen molar-refractivity contribution in [3.63, 3.8) is 0 Å². The van der Waals surface area contributed by atoms with Gasteiger partial charge in [-0.3, -0.25) is 0 Å². The molecule has 0 aromatic carbocycles. The Kier molecular flexibility index (Phi) is 1.72.